The first-order valence-corrected chi connectivity index (χ1v) is 8.02. The first-order chi connectivity index (χ1) is 10.7. The highest BCUT2D eigenvalue weighted by Gasteiger charge is 2.26. The summed E-state index contributed by atoms with van der Waals surface area (Å²) in [5.74, 6) is 2.29. The highest BCUT2D eigenvalue weighted by molar-refractivity contribution is 5.63. The molecule has 0 bridgehead atoms. The molecule has 122 valence electrons. The number of anilines is 3. The van der Waals surface area contributed by atoms with Crippen LogP contribution in [0.25, 0.3) is 0 Å². The molecule has 0 aromatic carbocycles. The van der Waals surface area contributed by atoms with Gasteiger partial charge in [-0.15, -0.1) is 0 Å². The summed E-state index contributed by atoms with van der Waals surface area (Å²) in [6.07, 6.45) is 3.08. The van der Waals surface area contributed by atoms with E-state index in [1.165, 1.54) is 5.56 Å². The van der Waals surface area contributed by atoms with Crippen LogP contribution in [0.1, 0.15) is 18.4 Å². The summed E-state index contributed by atoms with van der Waals surface area (Å²) in [7, 11) is 3.89. The Morgan fingerprint density at radius 2 is 2.05 bits per heavy atom. The van der Waals surface area contributed by atoms with Gasteiger partial charge in [-0.3, -0.25) is 0 Å². The molecule has 1 saturated heterocycles. The fourth-order valence-corrected chi connectivity index (χ4v) is 3.18. The minimum Gasteiger partial charge on any atom is -0.385 e. The van der Waals surface area contributed by atoms with E-state index < -0.39 is 0 Å². The number of likely N-dealkylation sites (N-methyl/N-ethyl adjacent to an activating group) is 1. The Morgan fingerprint density at radius 3 is 2.77 bits per heavy atom. The van der Waals surface area contributed by atoms with Crippen molar-refractivity contribution >= 4 is 17.6 Å². The molecule has 0 saturated carbocycles. The second kappa shape index (κ2) is 6.66. The first kappa shape index (κ1) is 15.3. The van der Waals surface area contributed by atoms with Gasteiger partial charge in [0.15, 0.2) is 0 Å². The molecule has 3 rings (SSSR count). The molecule has 7 nitrogen and oxygen atoms in total. The van der Waals surface area contributed by atoms with Crippen molar-refractivity contribution < 1.29 is 4.74 Å². The molecule has 3 N–H and O–H groups in total. The average molecular weight is 306 g/mol. The zero-order chi connectivity index (χ0) is 15.5. The van der Waals surface area contributed by atoms with Crippen LogP contribution in [-0.4, -0.2) is 67.9 Å². The maximum Gasteiger partial charge on any atom is 0.223 e. The summed E-state index contributed by atoms with van der Waals surface area (Å²) in [4.78, 5) is 13.6. The van der Waals surface area contributed by atoms with Crippen LogP contribution in [0.4, 0.5) is 17.6 Å². The van der Waals surface area contributed by atoms with Crippen LogP contribution in [0.3, 0.4) is 0 Å². The van der Waals surface area contributed by atoms with Gasteiger partial charge in [-0.1, -0.05) is 0 Å². The van der Waals surface area contributed by atoms with Gasteiger partial charge in [0.2, 0.25) is 5.95 Å². The van der Waals surface area contributed by atoms with Crippen molar-refractivity contribution in [2.75, 3.05) is 62.9 Å². The van der Waals surface area contributed by atoms with Crippen molar-refractivity contribution in [3.8, 4) is 0 Å². The molecule has 0 aliphatic carbocycles. The molecule has 22 heavy (non-hydrogen) atoms. The molecule has 1 unspecified atom stereocenters. The SMILES string of the molecule is COCCC1CCc2c(nc(N)nc2N2CCN(C)CC2)N1. The average Bonchev–Trinajstić information content (AvgIpc) is 2.52. The van der Waals surface area contributed by atoms with E-state index in [2.05, 4.69) is 32.1 Å². The van der Waals surface area contributed by atoms with Crippen LogP contribution < -0.4 is 16.0 Å². The van der Waals surface area contributed by atoms with Gasteiger partial charge in [0, 0.05) is 51.5 Å². The van der Waals surface area contributed by atoms with E-state index in [-0.39, 0.29) is 0 Å². The molecule has 1 fully saturated rings. The lowest BCUT2D eigenvalue weighted by atomic mass is 9.98. The predicted molar refractivity (Wildman–Crippen MR) is 88.4 cm³/mol. The Bertz CT molecular complexity index is 515. The van der Waals surface area contributed by atoms with Gasteiger partial charge in [-0.25, -0.2) is 0 Å². The molecule has 3 heterocycles. The standard InChI is InChI=1S/C15H26N6O/c1-20-6-8-21(9-7-20)14-12-4-3-11(5-10-22-2)17-13(12)18-15(16)19-14/h11H,3-10H2,1-2H3,(H3,16,17,18,19). The van der Waals surface area contributed by atoms with Crippen LogP contribution in [0, 0.1) is 0 Å². The zero-order valence-corrected chi connectivity index (χ0v) is 13.5. The van der Waals surface area contributed by atoms with Gasteiger partial charge in [-0.05, 0) is 26.3 Å². The van der Waals surface area contributed by atoms with Crippen LogP contribution >= 0.6 is 0 Å². The Balaban J connectivity index is 1.80. The minimum atomic E-state index is 0.354. The van der Waals surface area contributed by atoms with E-state index in [0.717, 1.165) is 63.7 Å². The molecule has 7 heteroatoms. The molecule has 2 aliphatic heterocycles. The topological polar surface area (TPSA) is 79.5 Å². The van der Waals surface area contributed by atoms with Crippen molar-refractivity contribution in [2.45, 2.75) is 25.3 Å². The molecule has 1 atom stereocenters. The highest BCUT2D eigenvalue weighted by Crippen LogP contribution is 2.32. The lowest BCUT2D eigenvalue weighted by molar-refractivity contribution is 0.188. The Hall–Kier alpha value is -1.60. The number of piperazine rings is 1. The van der Waals surface area contributed by atoms with E-state index in [1.807, 2.05) is 0 Å². The smallest absolute Gasteiger partial charge is 0.223 e. The Kier molecular flexibility index (Phi) is 4.63. The number of rotatable bonds is 4. The maximum absolute atomic E-state index is 5.94. The third kappa shape index (κ3) is 3.25. The second-order valence-corrected chi connectivity index (χ2v) is 6.18. The van der Waals surface area contributed by atoms with Crippen LogP contribution in [0.15, 0.2) is 0 Å². The van der Waals surface area contributed by atoms with Crippen molar-refractivity contribution in [1.82, 2.24) is 14.9 Å². The number of nitrogens with two attached hydrogens (primary N) is 1. The van der Waals surface area contributed by atoms with Crippen LogP contribution in [0.5, 0.6) is 0 Å². The summed E-state index contributed by atoms with van der Waals surface area (Å²) in [5, 5.41) is 3.51. The van der Waals surface area contributed by atoms with Gasteiger partial charge < -0.3 is 25.6 Å². The number of aromatic nitrogens is 2. The minimum absolute atomic E-state index is 0.354. The van der Waals surface area contributed by atoms with E-state index in [4.69, 9.17) is 10.5 Å². The molecule has 0 spiro atoms. The van der Waals surface area contributed by atoms with Gasteiger partial charge in [0.05, 0.1) is 0 Å². The molecule has 0 radical (unpaired) electrons. The lowest BCUT2D eigenvalue weighted by Crippen LogP contribution is -2.45. The number of ether oxygens (including phenoxy) is 1. The van der Waals surface area contributed by atoms with Crippen molar-refractivity contribution in [1.29, 1.82) is 0 Å². The van der Waals surface area contributed by atoms with Crippen LogP contribution in [0.2, 0.25) is 0 Å². The van der Waals surface area contributed by atoms with Crippen molar-refractivity contribution in [3.63, 3.8) is 0 Å². The third-order valence-corrected chi connectivity index (χ3v) is 4.56. The molecule has 0 amide bonds. The van der Waals surface area contributed by atoms with Gasteiger partial charge >= 0.3 is 0 Å². The van der Waals surface area contributed by atoms with E-state index in [0.29, 0.717) is 12.0 Å². The monoisotopic (exact) mass is 306 g/mol. The molecule has 1 aromatic heterocycles. The fourth-order valence-electron chi connectivity index (χ4n) is 3.18. The van der Waals surface area contributed by atoms with E-state index in [1.54, 1.807) is 7.11 Å². The quantitative estimate of drug-likeness (QED) is 0.842. The summed E-state index contributed by atoms with van der Waals surface area (Å²) in [6.45, 7) is 4.86. The number of nitrogen functional groups attached to an aromatic ring is 1. The first-order valence-electron chi connectivity index (χ1n) is 8.02. The van der Waals surface area contributed by atoms with Crippen LogP contribution in [-0.2, 0) is 11.2 Å². The summed E-state index contributed by atoms with van der Waals surface area (Å²) < 4.78 is 5.17. The molecule has 2 aliphatic rings. The van der Waals surface area contributed by atoms with Gasteiger partial charge in [-0.2, -0.15) is 9.97 Å². The third-order valence-electron chi connectivity index (χ3n) is 4.56. The second-order valence-electron chi connectivity index (χ2n) is 6.18. The van der Waals surface area contributed by atoms with Crippen molar-refractivity contribution in [2.24, 2.45) is 0 Å². The van der Waals surface area contributed by atoms with Crippen molar-refractivity contribution in [3.05, 3.63) is 5.56 Å². The summed E-state index contributed by atoms with van der Waals surface area (Å²) in [6, 6.07) is 0.405. The van der Waals surface area contributed by atoms with Gasteiger partial charge in [0.25, 0.3) is 0 Å². The zero-order valence-electron chi connectivity index (χ0n) is 13.5. The molecular weight excluding hydrogens is 280 g/mol. The number of nitrogens with one attached hydrogen (secondary N) is 1. The lowest BCUT2D eigenvalue weighted by Gasteiger charge is -2.36. The number of nitrogens with zero attached hydrogens (tertiary/aromatic N) is 4. The maximum atomic E-state index is 5.94. The summed E-state index contributed by atoms with van der Waals surface area (Å²) >= 11 is 0. The Labute approximate surface area is 131 Å². The highest BCUT2D eigenvalue weighted by atomic mass is 16.5. The number of fused-ring (bicyclic) bond motifs is 1. The van der Waals surface area contributed by atoms with Gasteiger partial charge in [0.1, 0.15) is 11.6 Å². The fraction of sp³-hybridized carbons (Fsp3) is 0.733. The van der Waals surface area contributed by atoms with E-state index in [9.17, 15) is 0 Å². The normalized spacial score (nSPS) is 22.3. The largest absolute Gasteiger partial charge is 0.385 e. The Morgan fingerprint density at radius 1 is 1.27 bits per heavy atom. The van der Waals surface area contributed by atoms with E-state index >= 15 is 0 Å². The summed E-state index contributed by atoms with van der Waals surface area (Å²) in [5.41, 5.74) is 7.15. The predicted octanol–water partition coefficient (Wildman–Crippen LogP) is 0.574. The number of methoxy groups -OCH3 is 1. The molecular formula is C15H26N6O. The number of hydrogen-bond acceptors (Lipinski definition) is 7. The molecule has 1 aromatic rings. The number of hydrogen-bond donors (Lipinski definition) is 2.